The van der Waals surface area contributed by atoms with Crippen molar-refractivity contribution in [3.63, 3.8) is 0 Å². The smallest absolute Gasteiger partial charge is 0.240 e. The highest BCUT2D eigenvalue weighted by Crippen LogP contribution is 2.21. The van der Waals surface area contributed by atoms with Crippen molar-refractivity contribution < 1.29 is 18.3 Å². The molecule has 0 aliphatic rings. The van der Waals surface area contributed by atoms with Crippen molar-refractivity contribution in [2.24, 2.45) is 0 Å². The fourth-order valence-corrected chi connectivity index (χ4v) is 4.33. The Bertz CT molecular complexity index is 752. The molecule has 2 aromatic rings. The topological polar surface area (TPSA) is 75.6 Å². The first-order valence-electron chi connectivity index (χ1n) is 7.11. The summed E-state index contributed by atoms with van der Waals surface area (Å²) in [5.74, 6) is 0.603. The summed E-state index contributed by atoms with van der Waals surface area (Å²) in [7, 11) is -2.16. The van der Waals surface area contributed by atoms with E-state index in [2.05, 4.69) is 4.72 Å². The first-order chi connectivity index (χ1) is 10.7. The minimum atomic E-state index is -3.69. The highest BCUT2D eigenvalue weighted by molar-refractivity contribution is 7.89. The monoisotopic (exact) mass is 355 g/mol. The van der Waals surface area contributed by atoms with E-state index >= 15 is 0 Å². The fourth-order valence-electron chi connectivity index (χ4n) is 2.27. The third-order valence-corrected chi connectivity index (χ3v) is 5.77. The lowest BCUT2D eigenvalue weighted by molar-refractivity contribution is 0.0658. The molecule has 126 valence electrons. The Balaban J connectivity index is 2.09. The van der Waals surface area contributed by atoms with Crippen LogP contribution in [-0.4, -0.2) is 32.8 Å². The summed E-state index contributed by atoms with van der Waals surface area (Å²) in [5.41, 5.74) is 0.420. The standard InChI is InChI=1S/C16H21NO4S2/c1-12-8-14(21-3)4-5-15(12)23(19,20)17-11-16(2,18)9-13-6-7-22-10-13/h4-8,10,17-18H,9,11H2,1-3H3. The van der Waals surface area contributed by atoms with Crippen LogP contribution in [0.4, 0.5) is 0 Å². The van der Waals surface area contributed by atoms with Gasteiger partial charge in [-0.3, -0.25) is 0 Å². The van der Waals surface area contributed by atoms with Gasteiger partial charge >= 0.3 is 0 Å². The minimum absolute atomic E-state index is 0.0589. The Morgan fingerprint density at radius 3 is 2.65 bits per heavy atom. The maximum absolute atomic E-state index is 12.4. The maximum atomic E-state index is 12.4. The van der Waals surface area contributed by atoms with E-state index in [0.717, 1.165) is 5.56 Å². The highest BCUT2D eigenvalue weighted by atomic mass is 32.2. The zero-order valence-electron chi connectivity index (χ0n) is 13.4. The SMILES string of the molecule is COc1ccc(S(=O)(=O)NCC(C)(O)Cc2ccsc2)c(C)c1. The summed E-state index contributed by atoms with van der Waals surface area (Å²) >= 11 is 1.54. The molecule has 0 fully saturated rings. The molecular formula is C16H21NO4S2. The Kier molecular flexibility index (Phi) is 5.46. The largest absolute Gasteiger partial charge is 0.497 e. The van der Waals surface area contributed by atoms with E-state index < -0.39 is 15.6 Å². The molecule has 1 aromatic heterocycles. The van der Waals surface area contributed by atoms with Crippen molar-refractivity contribution >= 4 is 21.4 Å². The molecule has 0 saturated heterocycles. The number of benzene rings is 1. The highest BCUT2D eigenvalue weighted by Gasteiger charge is 2.25. The second-order valence-corrected chi connectivity index (χ2v) is 8.28. The van der Waals surface area contributed by atoms with E-state index in [1.54, 1.807) is 37.3 Å². The molecule has 0 spiro atoms. The van der Waals surface area contributed by atoms with Crippen LogP contribution in [0.1, 0.15) is 18.1 Å². The van der Waals surface area contributed by atoms with Crippen LogP contribution < -0.4 is 9.46 Å². The Morgan fingerprint density at radius 2 is 2.09 bits per heavy atom. The second-order valence-electron chi connectivity index (χ2n) is 5.76. The number of thiophene rings is 1. The molecule has 0 bridgehead atoms. The molecule has 2 rings (SSSR count). The molecule has 5 nitrogen and oxygen atoms in total. The summed E-state index contributed by atoms with van der Waals surface area (Å²) in [5, 5.41) is 14.3. The predicted octanol–water partition coefficient (Wildman–Crippen LogP) is 2.34. The van der Waals surface area contributed by atoms with Gasteiger partial charge in [0.05, 0.1) is 17.6 Å². The van der Waals surface area contributed by atoms with Gasteiger partial charge in [-0.05, 0) is 60.0 Å². The third kappa shape index (κ3) is 4.78. The van der Waals surface area contributed by atoms with Crippen LogP contribution in [-0.2, 0) is 16.4 Å². The van der Waals surface area contributed by atoms with E-state index in [9.17, 15) is 13.5 Å². The van der Waals surface area contributed by atoms with Gasteiger partial charge in [0.2, 0.25) is 10.0 Å². The van der Waals surface area contributed by atoms with Crippen LogP contribution in [0.5, 0.6) is 5.75 Å². The van der Waals surface area contributed by atoms with Crippen molar-refractivity contribution in [1.29, 1.82) is 0 Å². The average Bonchev–Trinajstić information content (AvgIpc) is 2.97. The van der Waals surface area contributed by atoms with Crippen molar-refractivity contribution in [2.45, 2.75) is 30.8 Å². The van der Waals surface area contributed by atoms with Crippen LogP contribution >= 0.6 is 11.3 Å². The molecule has 1 aromatic carbocycles. The number of rotatable bonds is 7. The Labute approximate surface area is 141 Å². The minimum Gasteiger partial charge on any atom is -0.497 e. The molecule has 0 radical (unpaired) electrons. The maximum Gasteiger partial charge on any atom is 0.240 e. The quantitative estimate of drug-likeness (QED) is 0.799. The van der Waals surface area contributed by atoms with Crippen LogP contribution in [0.25, 0.3) is 0 Å². The van der Waals surface area contributed by atoms with Gasteiger partial charge in [-0.15, -0.1) is 0 Å². The molecule has 0 aliphatic heterocycles. The normalized spacial score (nSPS) is 14.4. The zero-order chi connectivity index (χ0) is 17.1. The number of aliphatic hydroxyl groups is 1. The molecule has 1 atom stereocenters. The van der Waals surface area contributed by atoms with Gasteiger partial charge in [0.15, 0.2) is 0 Å². The van der Waals surface area contributed by atoms with Gasteiger partial charge in [0.25, 0.3) is 0 Å². The number of ether oxygens (including phenoxy) is 1. The summed E-state index contributed by atoms with van der Waals surface area (Å²) in [6.07, 6.45) is 0.389. The molecule has 2 N–H and O–H groups in total. The molecule has 0 amide bonds. The predicted molar refractivity (Wildman–Crippen MR) is 91.6 cm³/mol. The second kappa shape index (κ2) is 7.00. The number of aryl methyl sites for hydroxylation is 1. The van der Waals surface area contributed by atoms with Crippen molar-refractivity contribution in [1.82, 2.24) is 4.72 Å². The first kappa shape index (κ1) is 17.9. The zero-order valence-corrected chi connectivity index (χ0v) is 15.0. The lowest BCUT2D eigenvalue weighted by Crippen LogP contribution is -2.42. The lowest BCUT2D eigenvalue weighted by atomic mass is 9.99. The molecule has 1 unspecified atom stereocenters. The number of nitrogens with one attached hydrogen (secondary N) is 1. The summed E-state index contributed by atoms with van der Waals surface area (Å²) in [6, 6.07) is 6.69. The summed E-state index contributed by atoms with van der Waals surface area (Å²) < 4.78 is 32.5. The van der Waals surface area contributed by atoms with Gasteiger partial charge in [-0.2, -0.15) is 11.3 Å². The van der Waals surface area contributed by atoms with Crippen molar-refractivity contribution in [3.8, 4) is 5.75 Å². The number of hydrogen-bond acceptors (Lipinski definition) is 5. The number of hydrogen-bond donors (Lipinski definition) is 2. The lowest BCUT2D eigenvalue weighted by Gasteiger charge is -2.23. The van der Waals surface area contributed by atoms with E-state index in [-0.39, 0.29) is 11.4 Å². The fraction of sp³-hybridized carbons (Fsp3) is 0.375. The van der Waals surface area contributed by atoms with Gasteiger partial charge in [-0.25, -0.2) is 13.1 Å². The van der Waals surface area contributed by atoms with Crippen LogP contribution in [0.15, 0.2) is 39.9 Å². The summed E-state index contributed by atoms with van der Waals surface area (Å²) in [6.45, 7) is 3.27. The van der Waals surface area contributed by atoms with Crippen LogP contribution in [0, 0.1) is 6.92 Å². The third-order valence-electron chi connectivity index (χ3n) is 3.48. The molecule has 7 heteroatoms. The van der Waals surface area contributed by atoms with E-state index in [4.69, 9.17) is 4.74 Å². The van der Waals surface area contributed by atoms with Crippen molar-refractivity contribution in [3.05, 3.63) is 46.2 Å². The van der Waals surface area contributed by atoms with Gasteiger partial charge < -0.3 is 9.84 Å². The Morgan fingerprint density at radius 1 is 1.35 bits per heavy atom. The first-order valence-corrected chi connectivity index (χ1v) is 9.54. The van der Waals surface area contributed by atoms with Crippen LogP contribution in [0.2, 0.25) is 0 Å². The van der Waals surface area contributed by atoms with Crippen molar-refractivity contribution in [2.75, 3.05) is 13.7 Å². The molecule has 23 heavy (non-hydrogen) atoms. The molecular weight excluding hydrogens is 334 g/mol. The summed E-state index contributed by atoms with van der Waals surface area (Å²) in [4.78, 5) is 0.185. The Hall–Kier alpha value is -1.41. The molecule has 1 heterocycles. The number of sulfonamides is 1. The van der Waals surface area contributed by atoms with E-state index in [1.165, 1.54) is 13.2 Å². The molecule has 0 aliphatic carbocycles. The van der Waals surface area contributed by atoms with E-state index in [1.807, 2.05) is 16.8 Å². The number of methoxy groups -OCH3 is 1. The van der Waals surface area contributed by atoms with E-state index in [0.29, 0.717) is 17.7 Å². The van der Waals surface area contributed by atoms with Gasteiger partial charge in [0, 0.05) is 13.0 Å². The average molecular weight is 355 g/mol. The van der Waals surface area contributed by atoms with Crippen LogP contribution in [0.3, 0.4) is 0 Å². The molecule has 0 saturated carbocycles. The van der Waals surface area contributed by atoms with Gasteiger partial charge in [0.1, 0.15) is 5.75 Å². The van der Waals surface area contributed by atoms with Gasteiger partial charge in [-0.1, -0.05) is 0 Å².